The van der Waals surface area contributed by atoms with Crippen LogP contribution in [0.3, 0.4) is 0 Å². The predicted octanol–water partition coefficient (Wildman–Crippen LogP) is 2.85. The van der Waals surface area contributed by atoms with Crippen molar-refractivity contribution in [3.63, 3.8) is 0 Å². The van der Waals surface area contributed by atoms with Crippen molar-refractivity contribution >= 4 is 35.7 Å². The van der Waals surface area contributed by atoms with E-state index in [4.69, 9.17) is 21.9 Å². The second kappa shape index (κ2) is 8.67. The summed E-state index contributed by atoms with van der Waals surface area (Å²) in [5, 5.41) is 18.8. The fourth-order valence-electron chi connectivity index (χ4n) is 0.331. The van der Waals surface area contributed by atoms with Gasteiger partial charge >= 0.3 is 6.16 Å². The Morgan fingerprint density at radius 2 is 2.13 bits per heavy atom. The van der Waals surface area contributed by atoms with Crippen LogP contribution in [-0.4, -0.2) is 39.2 Å². The molecule has 0 bridgehead atoms. The maximum atomic E-state index is 9.50. The average Bonchev–Trinajstić information content (AvgIpc) is 2.02. The van der Waals surface area contributed by atoms with Gasteiger partial charge in [0.1, 0.15) is 0 Å². The van der Waals surface area contributed by atoms with Gasteiger partial charge < -0.3 is 15.1 Å². The van der Waals surface area contributed by atoms with E-state index >= 15 is 0 Å². The average molecular weight is 258 g/mol. The Hall–Kier alpha value is -0.620. The Bertz CT molecular complexity index is 209. The zero-order valence-electron chi connectivity index (χ0n) is 9.10. The lowest BCUT2D eigenvalue weighted by Crippen LogP contribution is -2.15. The van der Waals surface area contributed by atoms with Crippen LogP contribution in [0.4, 0.5) is 4.79 Å². The van der Waals surface area contributed by atoms with Crippen molar-refractivity contribution in [1.82, 2.24) is 0 Å². The number of rotatable bonds is 3. The topological polar surface area (TPSA) is 79.1 Å². The molecule has 0 saturated heterocycles. The largest absolute Gasteiger partial charge is 0.507 e. The van der Waals surface area contributed by atoms with Gasteiger partial charge in [-0.3, -0.25) is 0 Å². The number of alkyl halides is 1. The Labute approximate surface area is 98.4 Å². The molecule has 0 radical (unpaired) electrons. The Morgan fingerprint density at radius 1 is 1.67 bits per heavy atom. The van der Waals surface area contributed by atoms with Gasteiger partial charge in [0.2, 0.25) is 0 Å². The number of ether oxygens (including phenoxy) is 1. The van der Waals surface area contributed by atoms with Gasteiger partial charge in [-0.2, -0.15) is 11.8 Å². The molecule has 2 N–H and O–H groups in total. The molecule has 7 heteroatoms. The third-order valence-corrected chi connectivity index (χ3v) is 2.40. The van der Waals surface area contributed by atoms with E-state index in [0.717, 1.165) is 0 Å². The molecule has 0 amide bonds. The van der Waals surface area contributed by atoms with Gasteiger partial charge in [-0.1, -0.05) is 11.6 Å². The molecule has 5 nitrogen and oxygen atoms in total. The first kappa shape index (κ1) is 16.8. The quantitative estimate of drug-likeness (QED) is 0.267. The first-order valence-corrected chi connectivity index (χ1v) is 5.68. The third kappa shape index (κ3) is 16.1. The summed E-state index contributed by atoms with van der Waals surface area (Å²) in [5.74, 6) is 0. The van der Waals surface area contributed by atoms with Crippen molar-refractivity contribution in [2.24, 2.45) is 5.16 Å². The minimum atomic E-state index is -1.34. The first-order valence-electron chi connectivity index (χ1n) is 4.02. The molecule has 0 spiro atoms. The molecule has 0 fully saturated rings. The standard InChI is InChI=1S/C5H11NOS.C3H5ClO3/c1-5(2,8-3)4-6-7;1-2(4)7-3(5)6/h4,7H,1-3H3;2H,1H3,(H,5,6). The van der Waals surface area contributed by atoms with E-state index in [-0.39, 0.29) is 4.75 Å². The molecule has 0 aliphatic rings. The van der Waals surface area contributed by atoms with Gasteiger partial charge in [0, 0.05) is 4.75 Å². The lowest BCUT2D eigenvalue weighted by atomic mass is 10.2. The lowest BCUT2D eigenvalue weighted by Gasteiger charge is -2.12. The molecule has 15 heavy (non-hydrogen) atoms. The Morgan fingerprint density at radius 3 is 2.20 bits per heavy atom. The van der Waals surface area contributed by atoms with Crippen molar-refractivity contribution in [2.45, 2.75) is 31.1 Å². The minimum Gasteiger partial charge on any atom is -0.450 e. The summed E-state index contributed by atoms with van der Waals surface area (Å²) in [6.45, 7) is 5.39. The molecule has 90 valence electrons. The van der Waals surface area contributed by atoms with E-state index in [1.54, 1.807) is 11.8 Å². The van der Waals surface area contributed by atoms with Crippen LogP contribution in [0, 0.1) is 0 Å². The summed E-state index contributed by atoms with van der Waals surface area (Å²) >= 11 is 6.71. The van der Waals surface area contributed by atoms with E-state index < -0.39 is 11.7 Å². The minimum absolute atomic E-state index is 0.0330. The van der Waals surface area contributed by atoms with E-state index in [1.165, 1.54) is 13.1 Å². The summed E-state index contributed by atoms with van der Waals surface area (Å²) < 4.78 is 3.90. The van der Waals surface area contributed by atoms with Crippen molar-refractivity contribution < 1.29 is 19.8 Å². The maximum Gasteiger partial charge on any atom is 0.507 e. The van der Waals surface area contributed by atoms with Crippen molar-refractivity contribution in [3.8, 4) is 0 Å². The maximum absolute atomic E-state index is 9.50. The van der Waals surface area contributed by atoms with Crippen LogP contribution in [-0.2, 0) is 4.74 Å². The highest BCUT2D eigenvalue weighted by Gasteiger charge is 2.11. The number of nitrogens with zero attached hydrogens (tertiary/aromatic N) is 1. The fourth-order valence-corrected chi connectivity index (χ4v) is 0.559. The number of carbonyl (C=O) groups is 1. The SMILES string of the molecule is CC(Cl)OC(=O)O.CSC(C)(C)C=NO. The zero-order valence-corrected chi connectivity index (χ0v) is 10.7. The molecule has 1 atom stereocenters. The van der Waals surface area contributed by atoms with Crippen LogP contribution in [0.2, 0.25) is 0 Å². The van der Waals surface area contributed by atoms with Crippen molar-refractivity contribution in [3.05, 3.63) is 0 Å². The second-order valence-corrected chi connectivity index (χ2v) is 5.05. The van der Waals surface area contributed by atoms with Crippen molar-refractivity contribution in [1.29, 1.82) is 0 Å². The molecular weight excluding hydrogens is 242 g/mol. The smallest absolute Gasteiger partial charge is 0.450 e. The summed E-state index contributed by atoms with van der Waals surface area (Å²) in [6, 6.07) is 0. The molecule has 0 aromatic heterocycles. The summed E-state index contributed by atoms with van der Waals surface area (Å²) in [7, 11) is 0. The molecule has 0 aliphatic heterocycles. The zero-order chi connectivity index (χ0) is 12.5. The number of carboxylic acid groups (broad SMARTS) is 1. The summed E-state index contributed by atoms with van der Waals surface area (Å²) in [5.41, 5.74) is -0.752. The molecular formula is C8H16ClNO4S. The molecule has 0 rings (SSSR count). The highest BCUT2D eigenvalue weighted by molar-refractivity contribution is 8.00. The number of thioether (sulfide) groups is 1. The summed E-state index contributed by atoms with van der Waals surface area (Å²) in [6.07, 6.45) is 2.14. The number of halogens is 1. The van der Waals surface area contributed by atoms with Crippen LogP contribution < -0.4 is 0 Å². The predicted molar refractivity (Wildman–Crippen MR) is 62.3 cm³/mol. The third-order valence-electron chi connectivity index (χ3n) is 1.16. The molecule has 0 heterocycles. The molecule has 0 aliphatic carbocycles. The molecule has 0 aromatic carbocycles. The van der Waals surface area contributed by atoms with Crippen LogP contribution in [0.5, 0.6) is 0 Å². The second-order valence-electron chi connectivity index (χ2n) is 2.98. The van der Waals surface area contributed by atoms with Crippen LogP contribution in [0.15, 0.2) is 5.16 Å². The number of hydrogen-bond donors (Lipinski definition) is 2. The first-order chi connectivity index (χ1) is 6.75. The highest BCUT2D eigenvalue weighted by Crippen LogP contribution is 2.17. The van der Waals surface area contributed by atoms with E-state index in [0.29, 0.717) is 0 Å². The van der Waals surface area contributed by atoms with E-state index in [1.807, 2.05) is 20.1 Å². The Kier molecular flexibility index (Phi) is 9.71. The van der Waals surface area contributed by atoms with Crippen LogP contribution in [0.25, 0.3) is 0 Å². The Balaban J connectivity index is 0. The highest BCUT2D eigenvalue weighted by atomic mass is 35.5. The monoisotopic (exact) mass is 257 g/mol. The van der Waals surface area contributed by atoms with E-state index in [2.05, 4.69) is 9.89 Å². The van der Waals surface area contributed by atoms with Gasteiger partial charge in [0.05, 0.1) is 6.21 Å². The van der Waals surface area contributed by atoms with E-state index in [9.17, 15) is 4.79 Å². The molecule has 1 unspecified atom stereocenters. The molecule has 0 aromatic rings. The van der Waals surface area contributed by atoms with Crippen molar-refractivity contribution in [2.75, 3.05) is 6.26 Å². The van der Waals surface area contributed by atoms with Gasteiger partial charge in [0.15, 0.2) is 5.56 Å². The number of oxime groups is 1. The van der Waals surface area contributed by atoms with Gasteiger partial charge in [-0.15, -0.1) is 5.16 Å². The van der Waals surface area contributed by atoms with Crippen LogP contribution in [0.1, 0.15) is 20.8 Å². The normalized spacial score (nSPS) is 12.9. The fraction of sp³-hybridized carbons (Fsp3) is 0.750. The molecule has 0 saturated carbocycles. The number of hydrogen-bond acceptors (Lipinski definition) is 5. The van der Waals surface area contributed by atoms with Gasteiger partial charge in [-0.05, 0) is 27.0 Å². The van der Waals surface area contributed by atoms with Gasteiger partial charge in [-0.25, -0.2) is 4.79 Å². The lowest BCUT2D eigenvalue weighted by molar-refractivity contribution is 0.0850. The van der Waals surface area contributed by atoms with Gasteiger partial charge in [0.25, 0.3) is 0 Å². The summed E-state index contributed by atoms with van der Waals surface area (Å²) in [4.78, 5) is 9.50. The van der Waals surface area contributed by atoms with Crippen LogP contribution >= 0.6 is 23.4 Å².